The van der Waals surface area contributed by atoms with Crippen molar-refractivity contribution in [2.75, 3.05) is 46.6 Å². The minimum absolute atomic E-state index is 0.103. The molecule has 10 nitrogen and oxygen atoms in total. The summed E-state index contributed by atoms with van der Waals surface area (Å²) in [5.74, 6) is 1.83. The Bertz CT molecular complexity index is 957. The molecule has 1 aromatic carbocycles. The van der Waals surface area contributed by atoms with Crippen LogP contribution in [-0.2, 0) is 4.79 Å². The van der Waals surface area contributed by atoms with Crippen LogP contribution >= 0.6 is 0 Å². The number of nitrogens with one attached hydrogen (secondary N) is 2. The Labute approximate surface area is 168 Å². The Morgan fingerprint density at radius 3 is 2.21 bits per heavy atom. The van der Waals surface area contributed by atoms with Gasteiger partial charge in [0.25, 0.3) is 0 Å². The second kappa shape index (κ2) is 8.46. The highest BCUT2D eigenvalue weighted by molar-refractivity contribution is 5.88. The summed E-state index contributed by atoms with van der Waals surface area (Å²) in [6.07, 6.45) is 5.08. The van der Waals surface area contributed by atoms with Crippen LogP contribution in [0.5, 0.6) is 0 Å². The largest absolute Gasteiger partial charge is 0.339 e. The van der Waals surface area contributed by atoms with Crippen molar-refractivity contribution in [3.8, 4) is 0 Å². The smallest absolute Gasteiger partial charge is 0.247 e. The van der Waals surface area contributed by atoms with Crippen molar-refractivity contribution in [2.45, 2.75) is 6.92 Å². The Morgan fingerprint density at radius 1 is 0.931 bits per heavy atom. The van der Waals surface area contributed by atoms with E-state index in [-0.39, 0.29) is 5.91 Å². The fourth-order valence-corrected chi connectivity index (χ4v) is 3.04. The highest BCUT2D eigenvalue weighted by Crippen LogP contribution is 2.19. The number of piperazine rings is 1. The number of benzene rings is 1. The number of amides is 1. The summed E-state index contributed by atoms with van der Waals surface area (Å²) in [7, 11) is 0. The minimum atomic E-state index is -0.103. The van der Waals surface area contributed by atoms with E-state index in [1.807, 2.05) is 30.3 Å². The van der Waals surface area contributed by atoms with Gasteiger partial charge >= 0.3 is 0 Å². The van der Waals surface area contributed by atoms with Gasteiger partial charge in [0.15, 0.2) is 5.82 Å². The fourth-order valence-electron chi connectivity index (χ4n) is 3.04. The van der Waals surface area contributed by atoms with Gasteiger partial charge in [-0.2, -0.15) is 10.1 Å². The number of aromatic nitrogens is 5. The molecule has 1 fully saturated rings. The number of anilines is 5. The monoisotopic (exact) mass is 391 g/mol. The predicted molar refractivity (Wildman–Crippen MR) is 110 cm³/mol. The van der Waals surface area contributed by atoms with E-state index in [9.17, 15) is 4.79 Å². The van der Waals surface area contributed by atoms with Crippen LogP contribution in [0.1, 0.15) is 6.92 Å². The molecule has 2 N–H and O–H groups in total. The molecule has 3 aromatic rings. The van der Waals surface area contributed by atoms with Crippen LogP contribution in [0.2, 0.25) is 0 Å². The van der Waals surface area contributed by atoms with Gasteiger partial charge in [0.2, 0.25) is 17.8 Å². The van der Waals surface area contributed by atoms with E-state index in [4.69, 9.17) is 0 Å². The van der Waals surface area contributed by atoms with Gasteiger partial charge in [0, 0.05) is 56.9 Å². The van der Waals surface area contributed by atoms with E-state index < -0.39 is 0 Å². The first-order valence-corrected chi connectivity index (χ1v) is 9.29. The maximum atomic E-state index is 11.1. The molecular formula is C19H21N9O. The molecule has 0 unspecified atom stereocenters. The first kappa shape index (κ1) is 18.5. The maximum Gasteiger partial charge on any atom is 0.247 e. The summed E-state index contributed by atoms with van der Waals surface area (Å²) in [6.45, 7) is 4.57. The molecule has 0 radical (unpaired) electrons. The van der Waals surface area contributed by atoms with Gasteiger partial charge in [0.05, 0.1) is 6.20 Å². The number of carbonyl (C=O) groups is 1. The molecule has 29 heavy (non-hydrogen) atoms. The third-order valence-electron chi connectivity index (χ3n) is 4.42. The Hall–Kier alpha value is -3.82. The SMILES string of the molecule is CC(=O)Nc1ccc(Nc2cnnc(N3CCN(c4ncccn4)CC3)n2)cc1. The summed E-state index contributed by atoms with van der Waals surface area (Å²) >= 11 is 0. The predicted octanol–water partition coefficient (Wildman–Crippen LogP) is 1.69. The lowest BCUT2D eigenvalue weighted by Gasteiger charge is -2.34. The van der Waals surface area contributed by atoms with Crippen LogP contribution in [0.25, 0.3) is 0 Å². The maximum absolute atomic E-state index is 11.1. The van der Waals surface area contributed by atoms with Gasteiger partial charge in [-0.05, 0) is 30.3 Å². The molecule has 0 aliphatic carbocycles. The van der Waals surface area contributed by atoms with Crippen LogP contribution in [-0.4, -0.2) is 57.2 Å². The van der Waals surface area contributed by atoms with Crippen molar-refractivity contribution >= 4 is 35.0 Å². The third kappa shape index (κ3) is 4.72. The molecule has 2 aromatic heterocycles. The standard InChI is InChI=1S/C19H21N9O/c1-14(29)23-15-3-5-16(6-4-15)24-17-13-22-26-19(25-17)28-11-9-27(10-12-28)18-20-7-2-8-21-18/h2-8,13H,9-12H2,1H3,(H,23,29)(H,24,25,26). The molecular weight excluding hydrogens is 370 g/mol. The first-order chi connectivity index (χ1) is 14.2. The number of hydrogen-bond donors (Lipinski definition) is 2. The van der Waals surface area contributed by atoms with Gasteiger partial charge < -0.3 is 20.4 Å². The van der Waals surface area contributed by atoms with Crippen molar-refractivity contribution in [3.05, 3.63) is 48.9 Å². The van der Waals surface area contributed by atoms with Crippen LogP contribution < -0.4 is 20.4 Å². The molecule has 148 valence electrons. The summed E-state index contributed by atoms with van der Waals surface area (Å²) in [4.78, 5) is 28.5. The number of rotatable bonds is 5. The normalized spacial score (nSPS) is 13.8. The summed E-state index contributed by atoms with van der Waals surface area (Å²) in [5.41, 5.74) is 1.58. The van der Waals surface area contributed by atoms with E-state index in [1.165, 1.54) is 6.92 Å². The Morgan fingerprint density at radius 2 is 1.55 bits per heavy atom. The molecule has 0 atom stereocenters. The van der Waals surface area contributed by atoms with Crippen LogP contribution in [0.4, 0.5) is 29.1 Å². The highest BCUT2D eigenvalue weighted by atomic mass is 16.1. The summed E-state index contributed by atoms with van der Waals surface area (Å²) in [5, 5.41) is 14.2. The van der Waals surface area contributed by atoms with Crippen molar-refractivity contribution < 1.29 is 4.79 Å². The van der Waals surface area contributed by atoms with Gasteiger partial charge in [-0.15, -0.1) is 5.10 Å². The molecule has 1 aliphatic rings. The average molecular weight is 391 g/mol. The van der Waals surface area contributed by atoms with Gasteiger partial charge in [0.1, 0.15) is 0 Å². The zero-order valence-electron chi connectivity index (χ0n) is 16.0. The second-order valence-corrected chi connectivity index (χ2v) is 6.55. The molecule has 10 heteroatoms. The second-order valence-electron chi connectivity index (χ2n) is 6.55. The molecule has 4 rings (SSSR count). The Balaban J connectivity index is 1.38. The summed E-state index contributed by atoms with van der Waals surface area (Å²) < 4.78 is 0. The molecule has 1 aliphatic heterocycles. The fraction of sp³-hybridized carbons (Fsp3) is 0.263. The lowest BCUT2D eigenvalue weighted by molar-refractivity contribution is -0.114. The molecule has 3 heterocycles. The lowest BCUT2D eigenvalue weighted by Crippen LogP contribution is -2.47. The van der Waals surface area contributed by atoms with Crippen molar-refractivity contribution in [1.29, 1.82) is 0 Å². The van der Waals surface area contributed by atoms with E-state index in [1.54, 1.807) is 18.6 Å². The highest BCUT2D eigenvalue weighted by Gasteiger charge is 2.21. The lowest BCUT2D eigenvalue weighted by atomic mass is 10.3. The molecule has 1 amide bonds. The van der Waals surface area contributed by atoms with Gasteiger partial charge in [-0.25, -0.2) is 9.97 Å². The zero-order chi connectivity index (χ0) is 20.1. The topological polar surface area (TPSA) is 112 Å². The third-order valence-corrected chi connectivity index (χ3v) is 4.42. The van der Waals surface area contributed by atoms with Gasteiger partial charge in [-0.1, -0.05) is 0 Å². The van der Waals surface area contributed by atoms with Crippen molar-refractivity contribution in [3.63, 3.8) is 0 Å². The van der Waals surface area contributed by atoms with Crippen LogP contribution in [0.3, 0.4) is 0 Å². The van der Waals surface area contributed by atoms with E-state index in [0.717, 1.165) is 43.5 Å². The molecule has 0 spiro atoms. The summed E-state index contributed by atoms with van der Waals surface area (Å²) in [6, 6.07) is 9.19. The number of nitrogens with zero attached hydrogens (tertiary/aromatic N) is 7. The van der Waals surface area contributed by atoms with E-state index in [2.05, 4.69) is 45.6 Å². The minimum Gasteiger partial charge on any atom is -0.339 e. The van der Waals surface area contributed by atoms with Crippen LogP contribution in [0.15, 0.2) is 48.9 Å². The number of hydrogen-bond acceptors (Lipinski definition) is 9. The van der Waals surface area contributed by atoms with E-state index >= 15 is 0 Å². The molecule has 0 saturated carbocycles. The van der Waals surface area contributed by atoms with Gasteiger partial charge in [-0.3, -0.25) is 4.79 Å². The van der Waals surface area contributed by atoms with E-state index in [0.29, 0.717) is 11.8 Å². The van der Waals surface area contributed by atoms with Crippen molar-refractivity contribution in [2.24, 2.45) is 0 Å². The number of carbonyl (C=O) groups excluding carboxylic acids is 1. The average Bonchev–Trinajstić information content (AvgIpc) is 2.76. The first-order valence-electron chi connectivity index (χ1n) is 9.29. The molecule has 1 saturated heterocycles. The van der Waals surface area contributed by atoms with Crippen LogP contribution in [0, 0.1) is 0 Å². The Kier molecular flexibility index (Phi) is 5.41. The zero-order valence-corrected chi connectivity index (χ0v) is 16.0. The molecule has 0 bridgehead atoms. The van der Waals surface area contributed by atoms with Crippen molar-refractivity contribution in [1.82, 2.24) is 25.1 Å². The quantitative estimate of drug-likeness (QED) is 0.671.